The zero-order valence-corrected chi connectivity index (χ0v) is 11.4. The van der Waals surface area contributed by atoms with E-state index in [0.717, 1.165) is 44.6 Å². The first-order chi connectivity index (χ1) is 8.81. The molecule has 0 bridgehead atoms. The Morgan fingerprint density at radius 1 is 1.22 bits per heavy atom. The summed E-state index contributed by atoms with van der Waals surface area (Å²) in [6.45, 7) is 10.5. The fourth-order valence-electron chi connectivity index (χ4n) is 2.46. The van der Waals surface area contributed by atoms with Crippen molar-refractivity contribution < 1.29 is 4.74 Å². The molecule has 18 heavy (non-hydrogen) atoms. The Bertz CT molecular complexity index is 379. The molecule has 1 saturated heterocycles. The highest BCUT2D eigenvalue weighted by Crippen LogP contribution is 2.26. The van der Waals surface area contributed by atoms with E-state index in [0.29, 0.717) is 12.0 Å². The van der Waals surface area contributed by atoms with Crippen molar-refractivity contribution in [2.24, 2.45) is 0 Å². The summed E-state index contributed by atoms with van der Waals surface area (Å²) in [5.41, 5.74) is 0. The van der Waals surface area contributed by atoms with E-state index in [9.17, 15) is 0 Å². The first kappa shape index (κ1) is 13.3. The fraction of sp³-hybridized carbons (Fsp3) is 0.833. The Hall–Kier alpha value is -1.14. The molecule has 102 valence electrons. The van der Waals surface area contributed by atoms with E-state index in [1.807, 2.05) is 0 Å². The lowest BCUT2D eigenvalue weighted by Crippen LogP contribution is -2.35. The van der Waals surface area contributed by atoms with Gasteiger partial charge in [0.25, 0.3) is 0 Å². The molecule has 2 N–H and O–H groups in total. The van der Waals surface area contributed by atoms with Crippen molar-refractivity contribution in [3.05, 3.63) is 5.82 Å². The van der Waals surface area contributed by atoms with Crippen LogP contribution >= 0.6 is 0 Å². The number of likely N-dealkylation sites (N-methyl/N-ethyl adjacent to an activating group) is 1. The molecule has 2 rings (SSSR count). The molecular weight excluding hydrogens is 230 g/mol. The first-order valence-electron chi connectivity index (χ1n) is 6.79. The molecule has 2 atom stereocenters. The Morgan fingerprint density at radius 3 is 2.72 bits per heavy atom. The normalized spacial score (nSPS) is 23.5. The number of hydrogen-bond donors (Lipinski definition) is 2. The second kappa shape index (κ2) is 6.15. The van der Waals surface area contributed by atoms with Crippen molar-refractivity contribution in [2.75, 3.05) is 31.6 Å². The Balaban J connectivity index is 2.21. The maximum atomic E-state index is 5.58. The third-order valence-electron chi connectivity index (χ3n) is 3.31. The van der Waals surface area contributed by atoms with E-state index in [4.69, 9.17) is 4.74 Å². The van der Waals surface area contributed by atoms with E-state index >= 15 is 0 Å². The van der Waals surface area contributed by atoms with Crippen LogP contribution in [-0.2, 0) is 11.3 Å². The van der Waals surface area contributed by atoms with Gasteiger partial charge in [-0.1, -0.05) is 6.92 Å². The molecule has 0 aliphatic carbocycles. The highest BCUT2D eigenvalue weighted by Gasteiger charge is 2.33. The smallest absolute Gasteiger partial charge is 0.224 e. The highest BCUT2D eigenvalue weighted by molar-refractivity contribution is 5.27. The number of hydrogen-bond acceptors (Lipinski definition) is 5. The lowest BCUT2D eigenvalue weighted by molar-refractivity contribution is 0.187. The second-order valence-electron chi connectivity index (χ2n) is 4.46. The molecule has 0 aromatic carbocycles. The summed E-state index contributed by atoms with van der Waals surface area (Å²) in [5, 5.41) is 15.3. The van der Waals surface area contributed by atoms with Gasteiger partial charge < -0.3 is 15.4 Å². The largest absolute Gasteiger partial charge is 0.379 e. The van der Waals surface area contributed by atoms with E-state index < -0.39 is 0 Å². The molecule has 0 spiro atoms. The average molecular weight is 253 g/mol. The van der Waals surface area contributed by atoms with E-state index in [1.165, 1.54) is 0 Å². The van der Waals surface area contributed by atoms with Crippen molar-refractivity contribution in [3.63, 3.8) is 0 Å². The zero-order chi connectivity index (χ0) is 13.0. The Kier molecular flexibility index (Phi) is 4.54. The summed E-state index contributed by atoms with van der Waals surface area (Å²) < 4.78 is 7.73. The standard InChI is InChI=1S/C12H23N5O/c1-4-13-10-8-18-7-9(10)11-15-16-12(14-5-2)17(11)6-3/h9-10,13H,4-8H2,1-3H3,(H,14,16). The predicted molar refractivity (Wildman–Crippen MR) is 70.9 cm³/mol. The molecule has 2 unspecified atom stereocenters. The number of nitrogens with one attached hydrogen (secondary N) is 2. The molecule has 1 aliphatic rings. The van der Waals surface area contributed by atoms with Gasteiger partial charge in [0.15, 0.2) is 0 Å². The lowest BCUT2D eigenvalue weighted by Gasteiger charge is -2.18. The monoisotopic (exact) mass is 253 g/mol. The van der Waals surface area contributed by atoms with Crippen LogP contribution in [0, 0.1) is 0 Å². The van der Waals surface area contributed by atoms with Crippen molar-refractivity contribution >= 4 is 5.95 Å². The van der Waals surface area contributed by atoms with Crippen LogP contribution in [0.25, 0.3) is 0 Å². The topological polar surface area (TPSA) is 64.0 Å². The zero-order valence-electron chi connectivity index (χ0n) is 11.4. The molecule has 0 amide bonds. The number of ether oxygens (including phenoxy) is 1. The van der Waals surface area contributed by atoms with Crippen LogP contribution in [-0.4, -0.2) is 47.1 Å². The Labute approximate surface area is 108 Å². The minimum absolute atomic E-state index is 0.296. The van der Waals surface area contributed by atoms with Crippen LogP contribution in [0.2, 0.25) is 0 Å². The van der Waals surface area contributed by atoms with Crippen LogP contribution in [0.1, 0.15) is 32.5 Å². The quantitative estimate of drug-likeness (QED) is 0.786. The minimum atomic E-state index is 0.296. The summed E-state index contributed by atoms with van der Waals surface area (Å²) in [5.74, 6) is 2.18. The summed E-state index contributed by atoms with van der Waals surface area (Å²) in [6, 6.07) is 0.346. The summed E-state index contributed by atoms with van der Waals surface area (Å²) in [6.07, 6.45) is 0. The van der Waals surface area contributed by atoms with Crippen LogP contribution < -0.4 is 10.6 Å². The summed E-state index contributed by atoms with van der Waals surface area (Å²) in [7, 11) is 0. The van der Waals surface area contributed by atoms with Gasteiger partial charge in [-0.25, -0.2) is 0 Å². The van der Waals surface area contributed by atoms with Crippen molar-refractivity contribution in [2.45, 2.75) is 39.3 Å². The van der Waals surface area contributed by atoms with Crippen molar-refractivity contribution in [3.8, 4) is 0 Å². The molecule has 0 radical (unpaired) electrons. The second-order valence-corrected chi connectivity index (χ2v) is 4.46. The van der Waals surface area contributed by atoms with Gasteiger partial charge in [-0.15, -0.1) is 10.2 Å². The van der Waals surface area contributed by atoms with Crippen LogP contribution in [0.3, 0.4) is 0 Å². The van der Waals surface area contributed by atoms with Crippen LogP contribution in [0.4, 0.5) is 5.95 Å². The fourth-order valence-corrected chi connectivity index (χ4v) is 2.46. The van der Waals surface area contributed by atoms with Crippen LogP contribution in [0.5, 0.6) is 0 Å². The van der Waals surface area contributed by atoms with Gasteiger partial charge in [0.2, 0.25) is 5.95 Å². The van der Waals surface area contributed by atoms with Gasteiger partial charge in [0.05, 0.1) is 19.1 Å². The third-order valence-corrected chi connectivity index (χ3v) is 3.31. The van der Waals surface area contributed by atoms with Gasteiger partial charge in [-0.05, 0) is 20.4 Å². The number of rotatable bonds is 6. The molecule has 1 fully saturated rings. The highest BCUT2D eigenvalue weighted by atomic mass is 16.5. The molecule has 1 aliphatic heterocycles. The number of anilines is 1. The number of aromatic nitrogens is 3. The van der Waals surface area contributed by atoms with Gasteiger partial charge >= 0.3 is 0 Å². The molecular formula is C12H23N5O. The lowest BCUT2D eigenvalue weighted by atomic mass is 10.0. The van der Waals surface area contributed by atoms with Crippen molar-refractivity contribution in [1.82, 2.24) is 20.1 Å². The minimum Gasteiger partial charge on any atom is -0.379 e. The van der Waals surface area contributed by atoms with Gasteiger partial charge in [0, 0.05) is 19.1 Å². The van der Waals surface area contributed by atoms with E-state index in [1.54, 1.807) is 0 Å². The SMILES string of the molecule is CCNc1nnc(C2COCC2NCC)n1CC. The molecule has 6 nitrogen and oxygen atoms in total. The average Bonchev–Trinajstić information content (AvgIpc) is 2.96. The maximum absolute atomic E-state index is 5.58. The Morgan fingerprint density at radius 2 is 2.06 bits per heavy atom. The predicted octanol–water partition coefficient (Wildman–Crippen LogP) is 0.822. The van der Waals surface area contributed by atoms with Gasteiger partial charge in [-0.3, -0.25) is 4.57 Å². The van der Waals surface area contributed by atoms with E-state index in [2.05, 4.69) is 46.2 Å². The van der Waals surface area contributed by atoms with Gasteiger partial charge in [0.1, 0.15) is 5.82 Å². The third kappa shape index (κ3) is 2.49. The molecule has 1 aromatic rings. The maximum Gasteiger partial charge on any atom is 0.224 e. The summed E-state index contributed by atoms with van der Waals surface area (Å²) in [4.78, 5) is 0. The van der Waals surface area contributed by atoms with Gasteiger partial charge in [-0.2, -0.15) is 0 Å². The van der Waals surface area contributed by atoms with Crippen molar-refractivity contribution in [1.29, 1.82) is 0 Å². The summed E-state index contributed by atoms with van der Waals surface area (Å²) >= 11 is 0. The first-order valence-corrected chi connectivity index (χ1v) is 6.79. The number of nitrogens with zero attached hydrogens (tertiary/aromatic N) is 3. The molecule has 2 heterocycles. The molecule has 0 saturated carbocycles. The molecule has 6 heteroatoms. The van der Waals surface area contributed by atoms with E-state index in [-0.39, 0.29) is 0 Å². The molecule has 1 aromatic heterocycles. The van der Waals surface area contributed by atoms with Crippen LogP contribution in [0.15, 0.2) is 0 Å².